The summed E-state index contributed by atoms with van der Waals surface area (Å²) in [5.41, 5.74) is 7.58. The SMILES string of the molecule is Brc1cc(-n2c3ccccc3c3c4ccccc4c4c5cc6cc(-c7ccc8c(c7)sc7ccccc78)ccc6cc5oc4c32)cc2c1ccc1ccccc12. The molecule has 0 saturated heterocycles. The van der Waals surface area contributed by atoms with Crippen LogP contribution in [-0.2, 0) is 0 Å². The summed E-state index contributed by atoms with van der Waals surface area (Å²) in [6, 6.07) is 62.4. The van der Waals surface area contributed by atoms with Gasteiger partial charge in [-0.25, -0.2) is 0 Å². The van der Waals surface area contributed by atoms with Crippen molar-refractivity contribution >= 4 is 134 Å². The summed E-state index contributed by atoms with van der Waals surface area (Å²) >= 11 is 5.86. The topological polar surface area (TPSA) is 18.1 Å². The fourth-order valence-corrected chi connectivity index (χ4v) is 11.2. The minimum Gasteiger partial charge on any atom is -0.454 e. The number of nitrogens with zero attached hydrogens (tertiary/aromatic N) is 1. The van der Waals surface area contributed by atoms with Crippen LogP contribution in [-0.4, -0.2) is 4.57 Å². The Hall–Kier alpha value is -6.46. The molecule has 0 saturated carbocycles. The minimum absolute atomic E-state index is 0.895. The van der Waals surface area contributed by atoms with Crippen LogP contribution >= 0.6 is 27.3 Å². The molecule has 3 heterocycles. The molecule has 0 fully saturated rings. The van der Waals surface area contributed by atoms with Crippen molar-refractivity contribution in [3.8, 4) is 16.8 Å². The van der Waals surface area contributed by atoms with Crippen LogP contribution in [0.25, 0.3) is 124 Å². The molecule has 56 heavy (non-hydrogen) atoms. The Morgan fingerprint density at radius 1 is 0.429 bits per heavy atom. The van der Waals surface area contributed by atoms with E-state index in [2.05, 4.69) is 190 Å². The number of thiophene rings is 1. The monoisotopic (exact) mass is 793 g/mol. The van der Waals surface area contributed by atoms with Crippen LogP contribution in [0.2, 0.25) is 0 Å². The number of hydrogen-bond acceptors (Lipinski definition) is 2. The molecule has 4 heteroatoms. The quantitative estimate of drug-likeness (QED) is 0.159. The highest BCUT2D eigenvalue weighted by molar-refractivity contribution is 9.10. The first-order valence-electron chi connectivity index (χ1n) is 18.9. The van der Waals surface area contributed by atoms with E-state index in [1.54, 1.807) is 0 Å². The molecule has 0 radical (unpaired) electrons. The summed E-state index contributed by atoms with van der Waals surface area (Å²) in [5, 5.41) is 17.0. The van der Waals surface area contributed by atoms with Gasteiger partial charge in [-0.3, -0.25) is 0 Å². The van der Waals surface area contributed by atoms with Crippen molar-refractivity contribution < 1.29 is 4.42 Å². The number of hydrogen-bond donors (Lipinski definition) is 0. The van der Waals surface area contributed by atoms with E-state index in [4.69, 9.17) is 4.42 Å². The Morgan fingerprint density at radius 2 is 1.11 bits per heavy atom. The number of benzene rings is 10. The van der Waals surface area contributed by atoms with Crippen molar-refractivity contribution in [3.63, 3.8) is 0 Å². The fourth-order valence-electron chi connectivity index (χ4n) is 9.46. The van der Waals surface area contributed by atoms with Gasteiger partial charge in [-0.05, 0) is 103 Å². The van der Waals surface area contributed by atoms with Gasteiger partial charge < -0.3 is 8.98 Å². The standard InChI is InChI=1S/C52H28BrNOS/c53-44-28-34(27-42-35-10-2-1-9-29(35)19-21-36(42)44)54-45-15-7-5-14-41(45)49-39-12-3-4-13-40(39)50-43-24-33-23-30(17-18-31(33)25-46(43)55-52(50)51(49)54)32-20-22-38-37-11-6-8-16-47(37)56-48(38)26-32/h1-28H. The van der Waals surface area contributed by atoms with E-state index in [1.807, 2.05) is 11.3 Å². The average Bonchev–Trinajstić information content (AvgIpc) is 3.92. The molecule has 3 aromatic heterocycles. The molecule has 13 rings (SSSR count). The molecule has 0 aliphatic carbocycles. The van der Waals surface area contributed by atoms with Crippen molar-refractivity contribution in [3.05, 3.63) is 174 Å². The highest BCUT2D eigenvalue weighted by atomic mass is 79.9. The van der Waals surface area contributed by atoms with Gasteiger partial charge in [-0.1, -0.05) is 137 Å². The number of rotatable bonds is 2. The first kappa shape index (κ1) is 30.8. The van der Waals surface area contributed by atoms with Gasteiger partial charge in [-0.2, -0.15) is 0 Å². The molecule has 10 aromatic carbocycles. The second-order valence-electron chi connectivity index (χ2n) is 15.0. The van der Waals surface area contributed by atoms with Crippen molar-refractivity contribution in [2.75, 3.05) is 0 Å². The van der Waals surface area contributed by atoms with E-state index >= 15 is 0 Å². The van der Waals surface area contributed by atoms with E-state index in [9.17, 15) is 0 Å². The summed E-state index contributed by atoms with van der Waals surface area (Å²) in [5.74, 6) is 0. The summed E-state index contributed by atoms with van der Waals surface area (Å²) < 4.78 is 13.3. The van der Waals surface area contributed by atoms with Gasteiger partial charge in [0.05, 0.1) is 11.0 Å². The van der Waals surface area contributed by atoms with Gasteiger partial charge in [-0.15, -0.1) is 11.3 Å². The van der Waals surface area contributed by atoms with E-state index < -0.39 is 0 Å². The molecule has 0 spiro atoms. The molecule has 0 aliphatic rings. The summed E-state index contributed by atoms with van der Waals surface area (Å²) in [7, 11) is 0. The zero-order valence-electron chi connectivity index (χ0n) is 29.8. The highest BCUT2D eigenvalue weighted by Crippen LogP contribution is 2.47. The number of fused-ring (bicyclic) bond motifs is 17. The molecular formula is C52H28BrNOS. The van der Waals surface area contributed by atoms with Crippen molar-refractivity contribution in [1.29, 1.82) is 0 Å². The van der Waals surface area contributed by atoms with Crippen LogP contribution in [0.4, 0.5) is 0 Å². The van der Waals surface area contributed by atoms with E-state index in [1.165, 1.54) is 79.8 Å². The van der Waals surface area contributed by atoms with Crippen LogP contribution in [0.1, 0.15) is 0 Å². The first-order chi connectivity index (χ1) is 27.7. The lowest BCUT2D eigenvalue weighted by Gasteiger charge is -2.13. The molecule has 0 atom stereocenters. The highest BCUT2D eigenvalue weighted by Gasteiger charge is 2.24. The number of para-hydroxylation sites is 1. The Balaban J connectivity index is 1.11. The lowest BCUT2D eigenvalue weighted by molar-refractivity contribution is 0.672. The number of halogens is 1. The van der Waals surface area contributed by atoms with Gasteiger partial charge in [0.2, 0.25) is 0 Å². The normalized spacial score (nSPS) is 12.4. The third-order valence-corrected chi connectivity index (χ3v) is 13.8. The van der Waals surface area contributed by atoms with Crippen LogP contribution in [0.15, 0.2) is 179 Å². The van der Waals surface area contributed by atoms with Crippen molar-refractivity contribution in [2.45, 2.75) is 0 Å². The smallest absolute Gasteiger partial charge is 0.160 e. The number of furan rings is 1. The fraction of sp³-hybridized carbons (Fsp3) is 0. The molecule has 0 bridgehead atoms. The lowest BCUT2D eigenvalue weighted by Crippen LogP contribution is -1.95. The van der Waals surface area contributed by atoms with Crippen molar-refractivity contribution in [1.82, 2.24) is 4.57 Å². The predicted octanol–water partition coefficient (Wildman–Crippen LogP) is 16.1. The Kier molecular flexibility index (Phi) is 6.22. The van der Waals surface area contributed by atoms with E-state index in [0.717, 1.165) is 48.5 Å². The van der Waals surface area contributed by atoms with E-state index in [-0.39, 0.29) is 0 Å². The molecule has 0 unspecified atom stereocenters. The maximum Gasteiger partial charge on any atom is 0.160 e. The Labute approximate surface area is 332 Å². The predicted molar refractivity (Wildman–Crippen MR) is 244 cm³/mol. The summed E-state index contributed by atoms with van der Waals surface area (Å²) in [4.78, 5) is 0. The Bertz CT molecular complexity index is 3850. The van der Waals surface area contributed by atoms with Gasteiger partial charge in [0.25, 0.3) is 0 Å². The molecule has 0 amide bonds. The molecule has 0 aliphatic heterocycles. The Morgan fingerprint density at radius 3 is 2.00 bits per heavy atom. The molecule has 0 N–H and O–H groups in total. The van der Waals surface area contributed by atoms with Crippen LogP contribution in [0, 0.1) is 0 Å². The van der Waals surface area contributed by atoms with Crippen LogP contribution < -0.4 is 0 Å². The molecular weight excluding hydrogens is 767 g/mol. The summed E-state index contributed by atoms with van der Waals surface area (Å²) in [6.07, 6.45) is 0. The zero-order chi connectivity index (χ0) is 36.6. The van der Waals surface area contributed by atoms with Crippen molar-refractivity contribution in [2.24, 2.45) is 0 Å². The van der Waals surface area contributed by atoms with Gasteiger partial charge >= 0.3 is 0 Å². The van der Waals surface area contributed by atoms with Crippen LogP contribution in [0.5, 0.6) is 0 Å². The third kappa shape index (κ3) is 4.20. The summed E-state index contributed by atoms with van der Waals surface area (Å²) in [6.45, 7) is 0. The second-order valence-corrected chi connectivity index (χ2v) is 16.9. The lowest BCUT2D eigenvalue weighted by atomic mass is 9.96. The molecule has 260 valence electrons. The van der Waals surface area contributed by atoms with E-state index in [0.29, 0.717) is 0 Å². The minimum atomic E-state index is 0.895. The second kappa shape index (κ2) is 11.3. The zero-order valence-corrected chi connectivity index (χ0v) is 32.2. The van der Waals surface area contributed by atoms with Gasteiger partial charge in [0, 0.05) is 51.9 Å². The average molecular weight is 795 g/mol. The van der Waals surface area contributed by atoms with Crippen LogP contribution in [0.3, 0.4) is 0 Å². The maximum absolute atomic E-state index is 7.12. The van der Waals surface area contributed by atoms with Gasteiger partial charge in [0.1, 0.15) is 5.58 Å². The first-order valence-corrected chi connectivity index (χ1v) is 20.5. The molecule has 2 nitrogen and oxygen atoms in total. The maximum atomic E-state index is 7.12. The largest absolute Gasteiger partial charge is 0.454 e. The third-order valence-electron chi connectivity index (χ3n) is 12.0. The molecule has 13 aromatic rings. The van der Waals surface area contributed by atoms with Gasteiger partial charge in [0.15, 0.2) is 5.58 Å². The number of aromatic nitrogens is 1.